The van der Waals surface area contributed by atoms with Gasteiger partial charge in [0.15, 0.2) is 5.65 Å². The van der Waals surface area contributed by atoms with Crippen LogP contribution in [0.1, 0.15) is 16.1 Å². The molecule has 0 spiro atoms. The first-order valence-corrected chi connectivity index (χ1v) is 12.8. The van der Waals surface area contributed by atoms with Gasteiger partial charge in [-0.05, 0) is 47.5 Å². The minimum absolute atomic E-state index is 0.252. The zero-order valence-corrected chi connectivity index (χ0v) is 21.0. The highest BCUT2D eigenvalue weighted by Gasteiger charge is 2.15. The number of anilines is 3. The Morgan fingerprint density at radius 1 is 0.895 bits per heavy atom. The van der Waals surface area contributed by atoms with Gasteiger partial charge in [0.25, 0.3) is 5.91 Å². The Balaban J connectivity index is 1.18. The number of carbonyl (C=O) groups excluding carboxylic acids is 1. The van der Waals surface area contributed by atoms with Crippen molar-refractivity contribution < 1.29 is 4.79 Å². The van der Waals surface area contributed by atoms with Crippen molar-refractivity contribution >= 4 is 28.6 Å². The van der Waals surface area contributed by atoms with E-state index >= 15 is 0 Å². The predicted octanol–water partition coefficient (Wildman–Crippen LogP) is 4.67. The smallest absolute Gasteiger partial charge is 0.274 e. The number of nitrogens with one attached hydrogen (secondary N) is 3. The van der Waals surface area contributed by atoms with Crippen molar-refractivity contribution in [1.29, 1.82) is 0 Å². The Morgan fingerprint density at radius 2 is 1.71 bits per heavy atom. The summed E-state index contributed by atoms with van der Waals surface area (Å²) < 4.78 is 1.69. The molecule has 0 saturated carbocycles. The average molecular weight is 504 g/mol. The van der Waals surface area contributed by atoms with E-state index in [9.17, 15) is 4.79 Å². The first-order chi connectivity index (χ1) is 18.7. The van der Waals surface area contributed by atoms with Crippen molar-refractivity contribution in [2.45, 2.75) is 6.54 Å². The molecule has 38 heavy (non-hydrogen) atoms. The largest absolute Gasteiger partial charge is 0.381 e. The summed E-state index contributed by atoms with van der Waals surface area (Å²) in [7, 11) is 0. The van der Waals surface area contributed by atoms with E-state index in [0.717, 1.165) is 60.9 Å². The van der Waals surface area contributed by atoms with Gasteiger partial charge in [-0.1, -0.05) is 48.5 Å². The third-order valence-corrected chi connectivity index (χ3v) is 6.72. The standard InChI is InChI=1S/C30H29N7O/c38-30(34-25-7-4-8-26(19-25)36-17-14-31-15-18-36)28-13-16-37-29(35-28)27(21-33-37)23-9-11-24(12-10-23)32-20-22-5-2-1-3-6-22/h1-13,16,19,21,31-32H,14-15,17-18,20H2,(H,34,38). The van der Waals surface area contributed by atoms with E-state index in [1.807, 2.05) is 60.7 Å². The van der Waals surface area contributed by atoms with Gasteiger partial charge in [0.1, 0.15) is 5.69 Å². The van der Waals surface area contributed by atoms with Crippen LogP contribution in [0, 0.1) is 0 Å². The lowest BCUT2D eigenvalue weighted by Gasteiger charge is -2.29. The SMILES string of the molecule is O=C(Nc1cccc(N2CCNCC2)c1)c1ccn2ncc(-c3ccc(NCc4ccccc4)cc3)c2n1. The molecular formula is C30H29N7O. The number of nitrogens with zero attached hydrogens (tertiary/aromatic N) is 4. The first-order valence-electron chi connectivity index (χ1n) is 12.8. The third-order valence-electron chi connectivity index (χ3n) is 6.72. The summed E-state index contributed by atoms with van der Waals surface area (Å²) in [5.41, 5.74) is 6.95. The number of benzene rings is 3. The number of carbonyl (C=O) groups is 1. The fourth-order valence-corrected chi connectivity index (χ4v) is 4.67. The van der Waals surface area contributed by atoms with Gasteiger partial charge in [0.05, 0.1) is 6.20 Å². The van der Waals surface area contributed by atoms with E-state index in [1.165, 1.54) is 5.56 Å². The fraction of sp³-hybridized carbons (Fsp3) is 0.167. The van der Waals surface area contributed by atoms with Crippen molar-refractivity contribution in [1.82, 2.24) is 19.9 Å². The van der Waals surface area contributed by atoms with Gasteiger partial charge in [-0.3, -0.25) is 4.79 Å². The second-order valence-corrected chi connectivity index (χ2v) is 9.30. The molecule has 1 saturated heterocycles. The van der Waals surface area contributed by atoms with E-state index in [4.69, 9.17) is 0 Å². The fourth-order valence-electron chi connectivity index (χ4n) is 4.67. The Labute approximate surface area is 221 Å². The molecule has 6 rings (SSSR count). The molecule has 2 aromatic heterocycles. The second-order valence-electron chi connectivity index (χ2n) is 9.30. The zero-order valence-electron chi connectivity index (χ0n) is 21.0. The topological polar surface area (TPSA) is 86.6 Å². The van der Waals surface area contributed by atoms with Crippen LogP contribution >= 0.6 is 0 Å². The van der Waals surface area contributed by atoms with Crippen molar-refractivity contribution in [3.63, 3.8) is 0 Å². The molecule has 5 aromatic rings. The molecule has 0 unspecified atom stereocenters. The molecule has 0 bridgehead atoms. The van der Waals surface area contributed by atoms with Gasteiger partial charge in [-0.15, -0.1) is 0 Å². The normalized spacial score (nSPS) is 13.4. The summed E-state index contributed by atoms with van der Waals surface area (Å²) in [5.74, 6) is -0.252. The van der Waals surface area contributed by atoms with Gasteiger partial charge >= 0.3 is 0 Å². The summed E-state index contributed by atoms with van der Waals surface area (Å²) in [5, 5.41) is 14.3. The van der Waals surface area contributed by atoms with Crippen molar-refractivity contribution in [3.8, 4) is 11.1 Å². The Hall–Kier alpha value is -4.69. The van der Waals surface area contributed by atoms with Gasteiger partial charge in [-0.25, -0.2) is 9.50 Å². The van der Waals surface area contributed by atoms with Gasteiger partial charge < -0.3 is 20.9 Å². The lowest BCUT2D eigenvalue weighted by atomic mass is 10.1. The summed E-state index contributed by atoms with van der Waals surface area (Å²) in [6.07, 6.45) is 3.56. The maximum atomic E-state index is 13.1. The first kappa shape index (κ1) is 23.7. The Morgan fingerprint density at radius 3 is 2.53 bits per heavy atom. The molecule has 1 fully saturated rings. The number of amides is 1. The van der Waals surface area contributed by atoms with Gasteiger partial charge in [0.2, 0.25) is 0 Å². The molecule has 8 heteroatoms. The summed E-state index contributed by atoms with van der Waals surface area (Å²) in [6.45, 7) is 4.57. The Bertz CT molecular complexity index is 1540. The van der Waals surface area contributed by atoms with Crippen LogP contribution in [-0.4, -0.2) is 46.7 Å². The van der Waals surface area contributed by atoms with Crippen LogP contribution in [0.25, 0.3) is 16.8 Å². The van der Waals surface area contributed by atoms with Gasteiger partial charge in [-0.2, -0.15) is 5.10 Å². The predicted molar refractivity (Wildman–Crippen MR) is 152 cm³/mol. The van der Waals surface area contributed by atoms with E-state index < -0.39 is 0 Å². The van der Waals surface area contributed by atoms with Crippen molar-refractivity contribution in [2.75, 3.05) is 41.7 Å². The van der Waals surface area contributed by atoms with Crippen LogP contribution in [0.4, 0.5) is 17.1 Å². The van der Waals surface area contributed by atoms with Crippen LogP contribution in [0.3, 0.4) is 0 Å². The molecule has 3 heterocycles. The third kappa shape index (κ3) is 5.21. The number of piperazine rings is 1. The highest BCUT2D eigenvalue weighted by Crippen LogP contribution is 2.26. The average Bonchev–Trinajstić information content (AvgIpc) is 3.41. The van der Waals surface area contributed by atoms with Crippen molar-refractivity contribution in [3.05, 3.63) is 109 Å². The van der Waals surface area contributed by atoms with E-state index in [1.54, 1.807) is 23.0 Å². The summed E-state index contributed by atoms with van der Waals surface area (Å²) in [4.78, 5) is 20.1. The van der Waals surface area contributed by atoms with Crippen molar-refractivity contribution in [2.24, 2.45) is 0 Å². The van der Waals surface area contributed by atoms with Crippen LogP contribution in [0.5, 0.6) is 0 Å². The lowest BCUT2D eigenvalue weighted by molar-refractivity contribution is 0.102. The van der Waals surface area contributed by atoms with E-state index in [0.29, 0.717) is 11.3 Å². The molecule has 190 valence electrons. The molecule has 1 amide bonds. The summed E-state index contributed by atoms with van der Waals surface area (Å²) in [6, 6.07) is 28.1. The number of rotatable bonds is 7. The molecule has 1 aliphatic rings. The van der Waals surface area contributed by atoms with Crippen LogP contribution in [0.2, 0.25) is 0 Å². The molecule has 0 atom stereocenters. The number of aromatic nitrogens is 3. The maximum Gasteiger partial charge on any atom is 0.274 e. The highest BCUT2D eigenvalue weighted by atomic mass is 16.1. The minimum Gasteiger partial charge on any atom is -0.381 e. The minimum atomic E-state index is -0.252. The molecular weight excluding hydrogens is 474 g/mol. The molecule has 8 nitrogen and oxygen atoms in total. The second kappa shape index (κ2) is 10.7. The monoisotopic (exact) mass is 503 g/mol. The van der Waals surface area contributed by atoms with Gasteiger partial charge in [0, 0.05) is 61.5 Å². The molecule has 0 radical (unpaired) electrons. The quantitative estimate of drug-likeness (QED) is 0.299. The van der Waals surface area contributed by atoms with Crippen LogP contribution in [-0.2, 0) is 6.54 Å². The number of fused-ring (bicyclic) bond motifs is 1. The highest BCUT2D eigenvalue weighted by molar-refractivity contribution is 6.03. The zero-order chi connectivity index (χ0) is 25.7. The Kier molecular flexibility index (Phi) is 6.70. The number of hydrogen-bond donors (Lipinski definition) is 3. The van der Waals surface area contributed by atoms with E-state index in [2.05, 4.69) is 49.1 Å². The molecule has 1 aliphatic heterocycles. The summed E-state index contributed by atoms with van der Waals surface area (Å²) >= 11 is 0. The molecule has 3 N–H and O–H groups in total. The van der Waals surface area contributed by atoms with Crippen LogP contribution in [0.15, 0.2) is 97.3 Å². The van der Waals surface area contributed by atoms with E-state index in [-0.39, 0.29) is 5.91 Å². The molecule has 3 aromatic carbocycles. The molecule has 0 aliphatic carbocycles. The lowest BCUT2D eigenvalue weighted by Crippen LogP contribution is -2.43. The number of hydrogen-bond acceptors (Lipinski definition) is 6. The van der Waals surface area contributed by atoms with Crippen LogP contribution < -0.4 is 20.9 Å². The maximum absolute atomic E-state index is 13.1.